The molecule has 130 valence electrons. The maximum atomic E-state index is 12.5. The summed E-state index contributed by atoms with van der Waals surface area (Å²) in [6, 6.07) is 0.227. The number of nitrogens with one attached hydrogen (secondary N) is 1. The second-order valence-electron chi connectivity index (χ2n) is 6.63. The Bertz CT molecular complexity index is 414. The number of hydrogen-bond donors (Lipinski definition) is 1. The van der Waals surface area contributed by atoms with Crippen molar-refractivity contribution in [2.24, 2.45) is 5.92 Å². The van der Waals surface area contributed by atoms with Gasteiger partial charge in [-0.2, -0.15) is 12.7 Å². The molecule has 1 atom stereocenters. The van der Waals surface area contributed by atoms with E-state index in [1.54, 1.807) is 4.31 Å². The zero-order chi connectivity index (χ0) is 16.0. The van der Waals surface area contributed by atoms with E-state index in [4.69, 9.17) is 4.74 Å². The summed E-state index contributed by atoms with van der Waals surface area (Å²) in [5, 5.41) is 0. The molecule has 6 nitrogen and oxygen atoms in total. The van der Waals surface area contributed by atoms with Gasteiger partial charge in [-0.25, -0.2) is 4.72 Å². The van der Waals surface area contributed by atoms with Crippen molar-refractivity contribution in [2.45, 2.75) is 45.6 Å². The molecule has 0 saturated carbocycles. The first-order valence-corrected chi connectivity index (χ1v) is 10.0. The van der Waals surface area contributed by atoms with Gasteiger partial charge in [0.2, 0.25) is 0 Å². The quantitative estimate of drug-likeness (QED) is 0.789. The Morgan fingerprint density at radius 2 is 1.59 bits per heavy atom. The highest BCUT2D eigenvalue weighted by molar-refractivity contribution is 7.87. The highest BCUT2D eigenvalue weighted by atomic mass is 32.2. The summed E-state index contributed by atoms with van der Waals surface area (Å²) in [5.41, 5.74) is 0. The zero-order valence-corrected chi connectivity index (χ0v) is 14.8. The minimum Gasteiger partial charge on any atom is -0.379 e. The lowest BCUT2D eigenvalue weighted by atomic mass is 10.0. The van der Waals surface area contributed by atoms with Crippen LogP contribution in [0.1, 0.15) is 39.5 Å². The Morgan fingerprint density at radius 1 is 1.00 bits per heavy atom. The predicted octanol–water partition coefficient (Wildman–Crippen LogP) is 1.05. The molecule has 2 rings (SSSR count). The number of morpholine rings is 1. The fourth-order valence-corrected chi connectivity index (χ4v) is 4.56. The Hall–Kier alpha value is -0.210. The van der Waals surface area contributed by atoms with E-state index in [0.29, 0.717) is 25.6 Å². The Morgan fingerprint density at radius 3 is 2.14 bits per heavy atom. The van der Waals surface area contributed by atoms with E-state index in [9.17, 15) is 8.42 Å². The minimum absolute atomic E-state index is 0.227. The van der Waals surface area contributed by atoms with Crippen LogP contribution in [0.5, 0.6) is 0 Å². The van der Waals surface area contributed by atoms with E-state index < -0.39 is 10.2 Å². The fraction of sp³-hybridized carbons (Fsp3) is 1.00. The molecule has 0 aromatic heterocycles. The zero-order valence-electron chi connectivity index (χ0n) is 14.0. The predicted molar refractivity (Wildman–Crippen MR) is 88.0 cm³/mol. The minimum atomic E-state index is -3.35. The monoisotopic (exact) mass is 333 g/mol. The molecule has 22 heavy (non-hydrogen) atoms. The summed E-state index contributed by atoms with van der Waals surface area (Å²) in [4.78, 5) is 2.35. The molecule has 7 heteroatoms. The molecule has 0 spiro atoms. The van der Waals surface area contributed by atoms with Gasteiger partial charge in [0.1, 0.15) is 0 Å². The van der Waals surface area contributed by atoms with Crippen molar-refractivity contribution >= 4 is 10.2 Å². The molecule has 0 aliphatic carbocycles. The fourth-order valence-electron chi connectivity index (χ4n) is 3.26. The summed E-state index contributed by atoms with van der Waals surface area (Å²) < 4.78 is 34.9. The second kappa shape index (κ2) is 8.59. The van der Waals surface area contributed by atoms with E-state index in [1.807, 2.05) is 0 Å². The van der Waals surface area contributed by atoms with E-state index in [2.05, 4.69) is 23.5 Å². The average molecular weight is 333 g/mol. The van der Waals surface area contributed by atoms with Crippen LogP contribution in [0, 0.1) is 5.92 Å². The van der Waals surface area contributed by atoms with E-state index in [-0.39, 0.29) is 6.04 Å². The number of nitrogens with zero attached hydrogens (tertiary/aromatic N) is 2. The van der Waals surface area contributed by atoms with Crippen LogP contribution >= 0.6 is 0 Å². The molecule has 2 aliphatic heterocycles. The van der Waals surface area contributed by atoms with Gasteiger partial charge < -0.3 is 4.74 Å². The van der Waals surface area contributed by atoms with Gasteiger partial charge in [0, 0.05) is 38.8 Å². The highest BCUT2D eigenvalue weighted by Crippen LogP contribution is 2.15. The van der Waals surface area contributed by atoms with Crippen LogP contribution in [-0.2, 0) is 14.9 Å². The van der Waals surface area contributed by atoms with Crippen molar-refractivity contribution in [3.63, 3.8) is 0 Å². The molecule has 0 amide bonds. The van der Waals surface area contributed by atoms with Crippen LogP contribution in [0.4, 0.5) is 0 Å². The lowest BCUT2D eigenvalue weighted by Gasteiger charge is -2.37. The van der Waals surface area contributed by atoms with E-state index in [0.717, 1.165) is 52.0 Å². The molecular weight excluding hydrogens is 302 g/mol. The van der Waals surface area contributed by atoms with Crippen LogP contribution < -0.4 is 4.72 Å². The molecule has 0 bridgehead atoms. The van der Waals surface area contributed by atoms with Crippen molar-refractivity contribution in [1.82, 2.24) is 13.9 Å². The second-order valence-corrected chi connectivity index (χ2v) is 8.38. The summed E-state index contributed by atoms with van der Waals surface area (Å²) in [6.07, 6.45) is 4.21. The summed E-state index contributed by atoms with van der Waals surface area (Å²) in [5.74, 6) is 0.407. The van der Waals surface area contributed by atoms with Gasteiger partial charge in [0.05, 0.1) is 13.2 Å². The van der Waals surface area contributed by atoms with Gasteiger partial charge in [-0.1, -0.05) is 26.7 Å². The Labute approximate surface area is 135 Å². The molecule has 2 heterocycles. The maximum absolute atomic E-state index is 12.5. The molecular formula is C15H31N3O3S. The van der Waals surface area contributed by atoms with Crippen LogP contribution in [0.15, 0.2) is 0 Å². The lowest BCUT2D eigenvalue weighted by Crippen LogP contribution is -2.53. The number of rotatable bonds is 6. The molecule has 0 radical (unpaired) electrons. The van der Waals surface area contributed by atoms with Crippen LogP contribution in [0.2, 0.25) is 0 Å². The first-order chi connectivity index (χ1) is 10.5. The van der Waals surface area contributed by atoms with Crippen LogP contribution in [0.25, 0.3) is 0 Å². The lowest BCUT2D eigenvalue weighted by molar-refractivity contribution is 0.00768. The average Bonchev–Trinajstić information content (AvgIpc) is 2.78. The van der Waals surface area contributed by atoms with Gasteiger partial charge in [0.25, 0.3) is 10.2 Å². The third-order valence-corrected chi connectivity index (χ3v) is 6.24. The third-order valence-electron chi connectivity index (χ3n) is 4.66. The Balaban J connectivity index is 1.92. The molecule has 1 N–H and O–H groups in total. The maximum Gasteiger partial charge on any atom is 0.279 e. The summed E-state index contributed by atoms with van der Waals surface area (Å²) >= 11 is 0. The Kier molecular flexibility index (Phi) is 7.08. The number of ether oxygens (including phenoxy) is 1. The van der Waals surface area contributed by atoms with Crippen LogP contribution in [0.3, 0.4) is 0 Å². The van der Waals surface area contributed by atoms with Crippen molar-refractivity contribution < 1.29 is 13.2 Å². The van der Waals surface area contributed by atoms with Gasteiger partial charge >= 0.3 is 0 Å². The SMILES string of the molecule is CC(C)[C@@H](CNS(=O)(=O)N1CCCCCC1)N1CCOCC1. The topological polar surface area (TPSA) is 61.9 Å². The summed E-state index contributed by atoms with van der Waals surface area (Å²) in [7, 11) is -3.35. The van der Waals surface area contributed by atoms with Crippen LogP contribution in [-0.4, -0.2) is 69.6 Å². The van der Waals surface area contributed by atoms with Gasteiger partial charge in [-0.15, -0.1) is 0 Å². The first kappa shape index (κ1) is 18.1. The molecule has 2 fully saturated rings. The molecule has 0 unspecified atom stereocenters. The molecule has 2 aliphatic rings. The van der Waals surface area contributed by atoms with Crippen molar-refractivity contribution in [3.05, 3.63) is 0 Å². The highest BCUT2D eigenvalue weighted by Gasteiger charge is 2.28. The normalized spacial score (nSPS) is 24.3. The standard InChI is InChI=1S/C15H31N3O3S/c1-14(2)15(17-9-11-21-12-10-17)13-16-22(19,20)18-7-5-3-4-6-8-18/h14-16H,3-13H2,1-2H3/t15-/m1/s1. The van der Waals surface area contributed by atoms with Crippen molar-refractivity contribution in [2.75, 3.05) is 45.9 Å². The molecule has 0 aromatic rings. The van der Waals surface area contributed by atoms with Gasteiger partial charge in [0.15, 0.2) is 0 Å². The third kappa shape index (κ3) is 5.16. The van der Waals surface area contributed by atoms with Crippen molar-refractivity contribution in [1.29, 1.82) is 0 Å². The number of hydrogen-bond acceptors (Lipinski definition) is 4. The van der Waals surface area contributed by atoms with Gasteiger partial charge in [-0.3, -0.25) is 4.90 Å². The largest absolute Gasteiger partial charge is 0.379 e. The van der Waals surface area contributed by atoms with Gasteiger partial charge in [-0.05, 0) is 18.8 Å². The molecule has 2 saturated heterocycles. The van der Waals surface area contributed by atoms with E-state index >= 15 is 0 Å². The van der Waals surface area contributed by atoms with Crippen molar-refractivity contribution in [3.8, 4) is 0 Å². The molecule has 0 aromatic carbocycles. The van der Waals surface area contributed by atoms with E-state index in [1.165, 1.54) is 0 Å². The first-order valence-electron chi connectivity index (χ1n) is 8.57. The smallest absolute Gasteiger partial charge is 0.279 e. The summed E-state index contributed by atoms with van der Waals surface area (Å²) in [6.45, 7) is 9.34.